The lowest BCUT2D eigenvalue weighted by atomic mass is 10.1. The molecule has 1 rings (SSSR count). The zero-order valence-electron chi connectivity index (χ0n) is 12.4. The molecule has 0 spiro atoms. The monoisotopic (exact) mass is 330 g/mol. The molecule has 0 bridgehead atoms. The van der Waals surface area contributed by atoms with E-state index in [9.17, 15) is 18.3 Å². The summed E-state index contributed by atoms with van der Waals surface area (Å²) >= 11 is 0. The molecule has 7 nitrogen and oxygen atoms in total. The third kappa shape index (κ3) is 6.77. The van der Waals surface area contributed by atoms with Crippen molar-refractivity contribution >= 4 is 21.8 Å². The van der Waals surface area contributed by atoms with Gasteiger partial charge in [0.25, 0.3) is 0 Å². The summed E-state index contributed by atoms with van der Waals surface area (Å²) in [5.74, 6) is 0.0544. The molecule has 0 radical (unpaired) electrons. The molecule has 1 aromatic carbocycles. The number of nitrogens with one attached hydrogen (secondary N) is 2. The maximum atomic E-state index is 11.8. The van der Waals surface area contributed by atoms with Gasteiger partial charge in [-0.1, -0.05) is 25.5 Å². The fourth-order valence-corrected chi connectivity index (χ4v) is 3.11. The number of carbonyl (C=O) groups is 1. The quantitative estimate of drug-likeness (QED) is 0.552. The highest BCUT2D eigenvalue weighted by Gasteiger charge is 2.12. The standard InChI is InChI=1S/C14H22N2O5S/c1-2-3-9-22(20,21)16-12-6-4-5-11(10-12)13(17)7-8-15-14(18)19/h4-6,10,13,15-17H,2-3,7-9H2,1H3,(H,18,19). The van der Waals surface area contributed by atoms with E-state index in [1.165, 1.54) is 0 Å². The Hall–Kier alpha value is -1.80. The first-order valence-electron chi connectivity index (χ1n) is 7.09. The molecule has 22 heavy (non-hydrogen) atoms. The van der Waals surface area contributed by atoms with Gasteiger partial charge in [0.05, 0.1) is 11.9 Å². The lowest BCUT2D eigenvalue weighted by molar-refractivity contribution is 0.162. The Kier molecular flexibility index (Phi) is 7.13. The van der Waals surface area contributed by atoms with Crippen molar-refractivity contribution in [2.75, 3.05) is 17.0 Å². The van der Waals surface area contributed by atoms with Crippen molar-refractivity contribution in [3.05, 3.63) is 29.8 Å². The minimum absolute atomic E-state index is 0.0544. The van der Waals surface area contributed by atoms with Crippen molar-refractivity contribution in [3.63, 3.8) is 0 Å². The number of rotatable bonds is 9. The zero-order valence-corrected chi connectivity index (χ0v) is 13.3. The van der Waals surface area contributed by atoms with Gasteiger partial charge in [-0.2, -0.15) is 0 Å². The molecule has 8 heteroatoms. The Morgan fingerprint density at radius 3 is 2.73 bits per heavy atom. The largest absolute Gasteiger partial charge is 0.465 e. The van der Waals surface area contributed by atoms with E-state index >= 15 is 0 Å². The van der Waals surface area contributed by atoms with E-state index in [2.05, 4.69) is 10.0 Å². The number of unbranched alkanes of at least 4 members (excludes halogenated alkanes) is 1. The van der Waals surface area contributed by atoms with Crippen LogP contribution >= 0.6 is 0 Å². The molecule has 0 heterocycles. The number of hydrogen-bond donors (Lipinski definition) is 4. The minimum atomic E-state index is -3.39. The SMILES string of the molecule is CCCCS(=O)(=O)Nc1cccc(C(O)CCNC(=O)O)c1. The molecule has 1 amide bonds. The predicted octanol–water partition coefficient (Wildman–Crippen LogP) is 1.92. The summed E-state index contributed by atoms with van der Waals surface area (Å²) in [4.78, 5) is 10.3. The third-order valence-corrected chi connectivity index (χ3v) is 4.38. The van der Waals surface area contributed by atoms with E-state index in [4.69, 9.17) is 5.11 Å². The molecule has 0 aromatic heterocycles. The van der Waals surface area contributed by atoms with E-state index in [1.807, 2.05) is 6.92 Å². The van der Waals surface area contributed by atoms with Gasteiger partial charge in [0.2, 0.25) is 10.0 Å². The summed E-state index contributed by atoms with van der Waals surface area (Å²) in [6.07, 6.45) is -0.441. The second-order valence-corrected chi connectivity index (χ2v) is 6.78. The highest BCUT2D eigenvalue weighted by Crippen LogP contribution is 2.20. The molecule has 0 aliphatic carbocycles. The second-order valence-electron chi connectivity index (χ2n) is 4.94. The van der Waals surface area contributed by atoms with Gasteiger partial charge in [-0.15, -0.1) is 0 Å². The summed E-state index contributed by atoms with van der Waals surface area (Å²) in [7, 11) is -3.39. The number of aliphatic hydroxyl groups is 1. The Bertz CT molecular complexity index is 589. The Morgan fingerprint density at radius 1 is 1.36 bits per heavy atom. The third-order valence-electron chi connectivity index (χ3n) is 3.01. The summed E-state index contributed by atoms with van der Waals surface area (Å²) in [6.45, 7) is 2.03. The van der Waals surface area contributed by atoms with Crippen molar-refractivity contribution in [2.24, 2.45) is 0 Å². The molecule has 1 atom stereocenters. The van der Waals surface area contributed by atoms with Crippen LogP contribution < -0.4 is 10.0 Å². The van der Waals surface area contributed by atoms with Crippen LogP contribution in [-0.4, -0.2) is 37.0 Å². The van der Waals surface area contributed by atoms with Crippen molar-refractivity contribution < 1.29 is 23.4 Å². The van der Waals surface area contributed by atoms with Crippen LogP contribution in [0.2, 0.25) is 0 Å². The summed E-state index contributed by atoms with van der Waals surface area (Å²) in [5.41, 5.74) is 0.918. The summed E-state index contributed by atoms with van der Waals surface area (Å²) < 4.78 is 26.2. The topological polar surface area (TPSA) is 116 Å². The van der Waals surface area contributed by atoms with Crippen LogP contribution in [-0.2, 0) is 10.0 Å². The fourth-order valence-electron chi connectivity index (χ4n) is 1.86. The molecular weight excluding hydrogens is 308 g/mol. The molecule has 0 aliphatic heterocycles. The van der Waals surface area contributed by atoms with Crippen molar-refractivity contribution in [3.8, 4) is 0 Å². The second kappa shape index (κ2) is 8.60. The van der Waals surface area contributed by atoms with Gasteiger partial charge >= 0.3 is 6.09 Å². The lowest BCUT2D eigenvalue weighted by Crippen LogP contribution is -2.23. The van der Waals surface area contributed by atoms with Crippen molar-refractivity contribution in [1.29, 1.82) is 0 Å². The number of anilines is 1. The average molecular weight is 330 g/mol. The first-order chi connectivity index (χ1) is 10.3. The maximum absolute atomic E-state index is 11.8. The number of carboxylic acid groups (broad SMARTS) is 1. The molecule has 1 aromatic rings. The number of sulfonamides is 1. The zero-order chi connectivity index (χ0) is 16.6. The highest BCUT2D eigenvalue weighted by molar-refractivity contribution is 7.92. The summed E-state index contributed by atoms with van der Waals surface area (Å²) in [5, 5.41) is 20.6. The van der Waals surface area contributed by atoms with E-state index in [0.29, 0.717) is 17.7 Å². The van der Waals surface area contributed by atoms with Gasteiger partial charge in [0.1, 0.15) is 0 Å². The van der Waals surface area contributed by atoms with Gasteiger partial charge in [-0.25, -0.2) is 13.2 Å². The van der Waals surface area contributed by atoms with Crippen LogP contribution in [0, 0.1) is 0 Å². The van der Waals surface area contributed by atoms with Gasteiger partial charge in [-0.05, 0) is 30.5 Å². The Balaban J connectivity index is 2.67. The fraction of sp³-hybridized carbons (Fsp3) is 0.500. The smallest absolute Gasteiger partial charge is 0.404 e. The van der Waals surface area contributed by atoms with Gasteiger partial charge in [0, 0.05) is 12.2 Å². The molecule has 0 aliphatic rings. The first-order valence-corrected chi connectivity index (χ1v) is 8.74. The van der Waals surface area contributed by atoms with Gasteiger partial charge in [0.15, 0.2) is 0 Å². The van der Waals surface area contributed by atoms with E-state index in [-0.39, 0.29) is 18.7 Å². The lowest BCUT2D eigenvalue weighted by Gasteiger charge is -2.13. The number of aliphatic hydroxyl groups excluding tert-OH is 1. The van der Waals surface area contributed by atoms with Crippen LogP contribution in [0.25, 0.3) is 0 Å². The van der Waals surface area contributed by atoms with Gasteiger partial charge in [-0.3, -0.25) is 4.72 Å². The number of benzene rings is 1. The molecule has 1 unspecified atom stereocenters. The maximum Gasteiger partial charge on any atom is 0.404 e. The predicted molar refractivity (Wildman–Crippen MR) is 84.4 cm³/mol. The van der Waals surface area contributed by atoms with Crippen molar-refractivity contribution in [2.45, 2.75) is 32.3 Å². The van der Waals surface area contributed by atoms with E-state index < -0.39 is 22.2 Å². The number of amides is 1. The molecule has 0 fully saturated rings. The van der Waals surface area contributed by atoms with Gasteiger partial charge < -0.3 is 15.5 Å². The Labute approximate surface area is 130 Å². The van der Waals surface area contributed by atoms with E-state index in [1.54, 1.807) is 24.3 Å². The molecule has 0 saturated carbocycles. The normalized spacial score (nSPS) is 12.6. The molecule has 124 valence electrons. The minimum Gasteiger partial charge on any atom is -0.465 e. The first kappa shape index (κ1) is 18.2. The molecule has 0 saturated heterocycles. The Morgan fingerprint density at radius 2 is 2.09 bits per heavy atom. The number of hydrogen-bond acceptors (Lipinski definition) is 4. The highest BCUT2D eigenvalue weighted by atomic mass is 32.2. The van der Waals surface area contributed by atoms with Crippen molar-refractivity contribution in [1.82, 2.24) is 5.32 Å². The molecular formula is C14H22N2O5S. The van der Waals surface area contributed by atoms with Crippen LogP contribution in [0.4, 0.5) is 10.5 Å². The van der Waals surface area contributed by atoms with E-state index in [0.717, 1.165) is 6.42 Å². The summed E-state index contributed by atoms with van der Waals surface area (Å²) in [6, 6.07) is 6.46. The van der Waals surface area contributed by atoms with Crippen LogP contribution in [0.1, 0.15) is 37.9 Å². The molecule has 4 N–H and O–H groups in total. The van der Waals surface area contributed by atoms with Crippen LogP contribution in [0.15, 0.2) is 24.3 Å². The average Bonchev–Trinajstić information content (AvgIpc) is 2.44. The van der Waals surface area contributed by atoms with Crippen LogP contribution in [0.3, 0.4) is 0 Å². The van der Waals surface area contributed by atoms with Crippen LogP contribution in [0.5, 0.6) is 0 Å².